The minimum atomic E-state index is -0.400. The maximum absolute atomic E-state index is 13.7. The number of nitrogens with one attached hydrogen (secondary N) is 1. The van der Waals surface area contributed by atoms with Gasteiger partial charge >= 0.3 is 0 Å². The number of imidazole rings is 1. The van der Waals surface area contributed by atoms with Gasteiger partial charge in [-0.3, -0.25) is 19.1 Å². The summed E-state index contributed by atoms with van der Waals surface area (Å²) in [7, 11) is 0. The van der Waals surface area contributed by atoms with Crippen molar-refractivity contribution in [3.05, 3.63) is 108 Å². The van der Waals surface area contributed by atoms with Gasteiger partial charge in [0.1, 0.15) is 18.0 Å². The van der Waals surface area contributed by atoms with E-state index in [2.05, 4.69) is 10.3 Å². The Morgan fingerprint density at radius 3 is 2.52 bits per heavy atom. The van der Waals surface area contributed by atoms with Crippen LogP contribution in [0.1, 0.15) is 16.7 Å². The van der Waals surface area contributed by atoms with Crippen LogP contribution >= 0.6 is 0 Å². The van der Waals surface area contributed by atoms with E-state index < -0.39 is 5.82 Å². The lowest BCUT2D eigenvalue weighted by atomic mass is 10.1. The van der Waals surface area contributed by atoms with Crippen LogP contribution in [0.5, 0.6) is 0 Å². The number of amides is 2. The number of aromatic nitrogens is 2. The topological polar surface area (TPSA) is 67.2 Å². The van der Waals surface area contributed by atoms with Gasteiger partial charge in [0.05, 0.1) is 31.3 Å². The molecule has 1 aliphatic heterocycles. The number of halogens is 1. The molecule has 1 aromatic heterocycles. The van der Waals surface area contributed by atoms with Crippen LogP contribution in [0.25, 0.3) is 5.69 Å². The summed E-state index contributed by atoms with van der Waals surface area (Å²) in [5.41, 5.74) is 3.86. The Bertz CT molecular complexity index is 1330. The number of hydrogen-bond donors (Lipinski definition) is 1. The molecule has 0 radical (unpaired) electrons. The van der Waals surface area contributed by atoms with Gasteiger partial charge in [-0.25, -0.2) is 9.37 Å². The number of benzene rings is 3. The van der Waals surface area contributed by atoms with E-state index in [1.807, 2.05) is 41.0 Å². The first-order valence-corrected chi connectivity index (χ1v) is 10.6. The molecule has 0 fully saturated rings. The number of rotatable bonds is 5. The predicted octanol–water partition coefficient (Wildman–Crippen LogP) is 4.28. The van der Waals surface area contributed by atoms with Gasteiger partial charge < -0.3 is 5.32 Å². The normalized spacial score (nSPS) is 12.1. The second kappa shape index (κ2) is 8.70. The lowest BCUT2D eigenvalue weighted by molar-refractivity contribution is -0.118. The summed E-state index contributed by atoms with van der Waals surface area (Å²) in [6.07, 6.45) is 3.59. The summed E-state index contributed by atoms with van der Waals surface area (Å²) in [6.45, 7) is 0.491. The molecule has 4 aromatic rings. The molecule has 7 heteroatoms. The smallest absolute Gasteiger partial charge is 0.232 e. The maximum atomic E-state index is 13.7. The SMILES string of the molecule is O=C(Cc1ccccc1F)Nc1ccc(CC(=O)N2Cc3ccccc3-n3cncc32)cc1. The Labute approximate surface area is 190 Å². The van der Waals surface area contributed by atoms with E-state index in [1.165, 1.54) is 6.07 Å². The van der Waals surface area contributed by atoms with E-state index in [9.17, 15) is 14.0 Å². The Kier molecular flexibility index (Phi) is 5.44. The number of anilines is 2. The molecule has 6 nitrogen and oxygen atoms in total. The molecular formula is C26H21FN4O2. The number of fused-ring (bicyclic) bond motifs is 3. The molecule has 1 N–H and O–H groups in total. The second-order valence-electron chi connectivity index (χ2n) is 7.92. The molecule has 1 aliphatic rings. The van der Waals surface area contributed by atoms with Gasteiger partial charge in [0, 0.05) is 5.69 Å². The molecule has 3 aromatic carbocycles. The van der Waals surface area contributed by atoms with Gasteiger partial charge in [-0.05, 0) is 41.0 Å². The van der Waals surface area contributed by atoms with Crippen LogP contribution < -0.4 is 10.2 Å². The van der Waals surface area contributed by atoms with Gasteiger partial charge in [-0.2, -0.15) is 0 Å². The molecule has 5 rings (SSSR count). The summed E-state index contributed by atoms with van der Waals surface area (Å²) in [4.78, 5) is 31.3. The van der Waals surface area contributed by atoms with Crippen molar-refractivity contribution in [1.82, 2.24) is 9.55 Å². The quantitative estimate of drug-likeness (QED) is 0.504. The van der Waals surface area contributed by atoms with E-state index >= 15 is 0 Å². The summed E-state index contributed by atoms with van der Waals surface area (Å²) in [5.74, 6) is 0.00526. The van der Waals surface area contributed by atoms with Crippen molar-refractivity contribution in [2.45, 2.75) is 19.4 Å². The predicted molar refractivity (Wildman–Crippen MR) is 124 cm³/mol. The third-order valence-electron chi connectivity index (χ3n) is 5.68. The molecule has 0 atom stereocenters. The first-order valence-electron chi connectivity index (χ1n) is 10.6. The molecule has 0 bridgehead atoms. The van der Waals surface area contributed by atoms with Crippen LogP contribution in [-0.2, 0) is 29.0 Å². The Morgan fingerprint density at radius 1 is 0.939 bits per heavy atom. The minimum absolute atomic E-state index is 0.0393. The maximum Gasteiger partial charge on any atom is 0.232 e. The molecule has 2 heterocycles. The summed E-state index contributed by atoms with van der Waals surface area (Å²) in [5, 5.41) is 2.77. The summed E-state index contributed by atoms with van der Waals surface area (Å²) < 4.78 is 15.7. The first kappa shape index (κ1) is 20.6. The van der Waals surface area contributed by atoms with Crippen LogP contribution in [-0.4, -0.2) is 21.4 Å². The molecular weight excluding hydrogens is 419 g/mol. The van der Waals surface area contributed by atoms with Gasteiger partial charge in [-0.15, -0.1) is 0 Å². The molecule has 0 saturated heterocycles. The van der Waals surface area contributed by atoms with E-state index in [0.717, 1.165) is 22.6 Å². The molecule has 0 saturated carbocycles. The van der Waals surface area contributed by atoms with E-state index in [4.69, 9.17) is 0 Å². The Hall–Kier alpha value is -4.26. The molecule has 33 heavy (non-hydrogen) atoms. The third-order valence-corrected chi connectivity index (χ3v) is 5.68. The van der Waals surface area contributed by atoms with Crippen molar-refractivity contribution >= 4 is 23.3 Å². The first-order chi connectivity index (χ1) is 16.1. The zero-order valence-corrected chi connectivity index (χ0v) is 17.7. The van der Waals surface area contributed by atoms with E-state index in [1.54, 1.807) is 47.8 Å². The summed E-state index contributed by atoms with van der Waals surface area (Å²) >= 11 is 0. The Balaban J connectivity index is 1.24. The fraction of sp³-hybridized carbons (Fsp3) is 0.115. The lowest BCUT2D eigenvalue weighted by Crippen LogP contribution is -2.36. The molecule has 0 spiro atoms. The number of para-hydroxylation sites is 1. The zero-order chi connectivity index (χ0) is 22.8. The summed E-state index contributed by atoms with van der Waals surface area (Å²) in [6, 6.07) is 21.3. The average molecular weight is 440 g/mol. The van der Waals surface area contributed by atoms with Crippen molar-refractivity contribution in [2.24, 2.45) is 0 Å². The lowest BCUT2D eigenvalue weighted by Gasteiger charge is -2.30. The molecule has 0 aliphatic carbocycles. The highest BCUT2D eigenvalue weighted by Gasteiger charge is 2.26. The molecule has 164 valence electrons. The third kappa shape index (κ3) is 4.25. The van der Waals surface area contributed by atoms with Gasteiger partial charge in [0.15, 0.2) is 0 Å². The van der Waals surface area contributed by atoms with E-state index in [-0.39, 0.29) is 24.7 Å². The van der Waals surface area contributed by atoms with Crippen LogP contribution in [0.4, 0.5) is 15.9 Å². The van der Waals surface area contributed by atoms with Crippen molar-refractivity contribution in [1.29, 1.82) is 0 Å². The largest absolute Gasteiger partial charge is 0.326 e. The van der Waals surface area contributed by atoms with Gasteiger partial charge in [0.2, 0.25) is 11.8 Å². The van der Waals surface area contributed by atoms with Crippen LogP contribution in [0.15, 0.2) is 85.3 Å². The highest BCUT2D eigenvalue weighted by molar-refractivity contribution is 5.95. The number of carbonyl (C=O) groups excluding carboxylic acids is 2. The highest BCUT2D eigenvalue weighted by atomic mass is 19.1. The number of nitrogens with zero attached hydrogens (tertiary/aromatic N) is 3. The van der Waals surface area contributed by atoms with Crippen molar-refractivity contribution < 1.29 is 14.0 Å². The van der Waals surface area contributed by atoms with Crippen LogP contribution in [0.3, 0.4) is 0 Å². The number of hydrogen-bond acceptors (Lipinski definition) is 3. The standard InChI is InChI=1S/C26H21FN4O2/c27-22-7-3-1-5-19(22)14-24(32)29-21-11-9-18(10-12-21)13-26(33)30-16-20-6-2-4-8-23(20)31-17-28-15-25(30)31/h1-12,15,17H,13-14,16H2,(H,29,32). The second-order valence-corrected chi connectivity index (χ2v) is 7.92. The molecule has 0 unspecified atom stereocenters. The fourth-order valence-corrected chi connectivity index (χ4v) is 4.02. The fourth-order valence-electron chi connectivity index (χ4n) is 4.02. The average Bonchev–Trinajstić information content (AvgIpc) is 3.32. The Morgan fingerprint density at radius 2 is 1.70 bits per heavy atom. The van der Waals surface area contributed by atoms with Crippen molar-refractivity contribution in [2.75, 3.05) is 10.2 Å². The van der Waals surface area contributed by atoms with Crippen molar-refractivity contribution in [3.8, 4) is 5.69 Å². The number of carbonyl (C=O) groups is 2. The van der Waals surface area contributed by atoms with Crippen molar-refractivity contribution in [3.63, 3.8) is 0 Å². The molecule has 2 amide bonds. The van der Waals surface area contributed by atoms with Crippen LogP contribution in [0.2, 0.25) is 0 Å². The van der Waals surface area contributed by atoms with Gasteiger partial charge in [0.25, 0.3) is 0 Å². The monoisotopic (exact) mass is 440 g/mol. The minimum Gasteiger partial charge on any atom is -0.326 e. The van der Waals surface area contributed by atoms with Crippen LogP contribution in [0, 0.1) is 5.82 Å². The van der Waals surface area contributed by atoms with E-state index in [0.29, 0.717) is 17.8 Å². The van der Waals surface area contributed by atoms with Gasteiger partial charge in [-0.1, -0.05) is 48.5 Å². The zero-order valence-electron chi connectivity index (χ0n) is 17.7. The highest BCUT2D eigenvalue weighted by Crippen LogP contribution is 2.30.